The van der Waals surface area contributed by atoms with Gasteiger partial charge >= 0.3 is 0 Å². The Morgan fingerprint density at radius 3 is 2.88 bits per heavy atom. The molecule has 1 N–H and O–H groups in total. The highest BCUT2D eigenvalue weighted by molar-refractivity contribution is 7.15. The fourth-order valence-electron chi connectivity index (χ4n) is 2.55. The predicted molar refractivity (Wildman–Crippen MR) is 96.1 cm³/mol. The van der Waals surface area contributed by atoms with Gasteiger partial charge in [-0.25, -0.2) is 0 Å². The zero-order valence-electron chi connectivity index (χ0n) is 13.6. The highest BCUT2D eigenvalue weighted by atomic mass is 32.1. The van der Waals surface area contributed by atoms with E-state index in [9.17, 15) is 4.79 Å². The van der Waals surface area contributed by atoms with Crippen LogP contribution in [0.2, 0.25) is 0 Å². The molecule has 1 fully saturated rings. The first-order chi connectivity index (χ1) is 12.2. The summed E-state index contributed by atoms with van der Waals surface area (Å²) >= 11 is 1.43. The van der Waals surface area contributed by atoms with E-state index in [1.807, 2.05) is 30.3 Å². The molecule has 1 aliphatic carbocycles. The molecular weight excluding hydrogens is 336 g/mol. The Balaban J connectivity index is 1.56. The van der Waals surface area contributed by atoms with Crippen molar-refractivity contribution in [2.45, 2.75) is 18.8 Å². The number of benzene rings is 1. The first kappa shape index (κ1) is 15.7. The minimum absolute atomic E-state index is 0.296. The van der Waals surface area contributed by atoms with Crippen LogP contribution in [0.5, 0.6) is 5.75 Å². The summed E-state index contributed by atoms with van der Waals surface area (Å²) < 4.78 is 5.39. The van der Waals surface area contributed by atoms with Gasteiger partial charge < -0.3 is 4.74 Å². The standard InChI is InChI=1S/C18H16N4O2S/c1-24-15-5-3-2-4-13(15)12-8-9-19-14(10-12)16(23)20-18-22-21-17(25-18)11-6-7-11/h2-5,8-11H,6-7H2,1H3,(H,20,22,23). The number of anilines is 1. The second-order valence-corrected chi connectivity index (χ2v) is 6.81. The van der Waals surface area contributed by atoms with Crippen molar-refractivity contribution in [2.24, 2.45) is 0 Å². The summed E-state index contributed by atoms with van der Waals surface area (Å²) in [6, 6.07) is 11.3. The number of carbonyl (C=O) groups excluding carboxylic acids is 1. The minimum atomic E-state index is -0.296. The monoisotopic (exact) mass is 352 g/mol. The summed E-state index contributed by atoms with van der Waals surface area (Å²) in [5.41, 5.74) is 2.11. The van der Waals surface area contributed by atoms with E-state index in [-0.39, 0.29) is 5.91 Å². The van der Waals surface area contributed by atoms with Gasteiger partial charge in [-0.05, 0) is 36.6 Å². The number of nitrogens with one attached hydrogen (secondary N) is 1. The number of hydrogen-bond donors (Lipinski definition) is 1. The van der Waals surface area contributed by atoms with E-state index < -0.39 is 0 Å². The maximum absolute atomic E-state index is 12.5. The van der Waals surface area contributed by atoms with Crippen molar-refractivity contribution in [3.8, 4) is 16.9 Å². The van der Waals surface area contributed by atoms with Gasteiger partial charge in [0.25, 0.3) is 5.91 Å². The number of pyridine rings is 1. The van der Waals surface area contributed by atoms with Crippen LogP contribution in [-0.4, -0.2) is 28.2 Å². The second-order valence-electron chi connectivity index (χ2n) is 5.80. The van der Waals surface area contributed by atoms with Crippen molar-refractivity contribution in [1.29, 1.82) is 0 Å². The molecule has 1 saturated carbocycles. The average molecular weight is 352 g/mol. The molecule has 0 unspecified atom stereocenters. The number of hydrogen-bond acceptors (Lipinski definition) is 6. The molecule has 0 bridgehead atoms. The smallest absolute Gasteiger partial charge is 0.276 e. The van der Waals surface area contributed by atoms with Crippen molar-refractivity contribution in [3.05, 3.63) is 53.3 Å². The van der Waals surface area contributed by atoms with Gasteiger partial charge in [-0.15, -0.1) is 10.2 Å². The first-order valence-corrected chi connectivity index (χ1v) is 8.80. The van der Waals surface area contributed by atoms with Crippen molar-refractivity contribution >= 4 is 22.4 Å². The Kier molecular flexibility index (Phi) is 4.15. The number of nitrogens with zero attached hydrogens (tertiary/aromatic N) is 3. The predicted octanol–water partition coefficient (Wildman–Crippen LogP) is 3.74. The molecule has 4 rings (SSSR count). The average Bonchev–Trinajstić information content (AvgIpc) is 3.41. The minimum Gasteiger partial charge on any atom is -0.496 e. The summed E-state index contributed by atoms with van der Waals surface area (Å²) in [6.07, 6.45) is 3.93. The maximum atomic E-state index is 12.5. The van der Waals surface area contributed by atoms with Gasteiger partial charge in [0.1, 0.15) is 16.5 Å². The molecule has 6 nitrogen and oxygen atoms in total. The lowest BCUT2D eigenvalue weighted by atomic mass is 10.0. The zero-order chi connectivity index (χ0) is 17.2. The number of methoxy groups -OCH3 is 1. The lowest BCUT2D eigenvalue weighted by molar-refractivity contribution is 0.102. The summed E-state index contributed by atoms with van der Waals surface area (Å²) in [5.74, 6) is 0.976. The van der Waals surface area contributed by atoms with E-state index in [4.69, 9.17) is 4.74 Å². The van der Waals surface area contributed by atoms with Gasteiger partial charge in [-0.3, -0.25) is 15.1 Å². The van der Waals surface area contributed by atoms with Crippen molar-refractivity contribution in [2.75, 3.05) is 12.4 Å². The Morgan fingerprint density at radius 1 is 1.24 bits per heavy atom. The van der Waals surface area contributed by atoms with Crippen LogP contribution in [0.25, 0.3) is 11.1 Å². The van der Waals surface area contributed by atoms with Gasteiger partial charge in [-0.1, -0.05) is 29.5 Å². The van der Waals surface area contributed by atoms with E-state index in [2.05, 4.69) is 20.5 Å². The van der Waals surface area contributed by atoms with Gasteiger partial charge in [0.05, 0.1) is 7.11 Å². The molecule has 2 aromatic heterocycles. The Morgan fingerprint density at radius 2 is 2.08 bits per heavy atom. The lowest BCUT2D eigenvalue weighted by Gasteiger charge is -2.09. The summed E-state index contributed by atoms with van der Waals surface area (Å²) in [7, 11) is 1.63. The highest BCUT2D eigenvalue weighted by Crippen LogP contribution is 2.42. The third kappa shape index (κ3) is 3.36. The third-order valence-electron chi connectivity index (χ3n) is 4.00. The van der Waals surface area contributed by atoms with Crippen LogP contribution < -0.4 is 10.1 Å². The zero-order valence-corrected chi connectivity index (χ0v) is 14.4. The fourth-order valence-corrected chi connectivity index (χ4v) is 3.45. The van der Waals surface area contributed by atoms with Crippen molar-refractivity contribution in [1.82, 2.24) is 15.2 Å². The third-order valence-corrected chi connectivity index (χ3v) is 5.00. The molecule has 0 aliphatic heterocycles. The molecule has 0 atom stereocenters. The number of amides is 1. The summed E-state index contributed by atoms with van der Waals surface area (Å²) in [6.45, 7) is 0. The molecule has 2 heterocycles. The molecular formula is C18H16N4O2S. The molecule has 7 heteroatoms. The van der Waals surface area contributed by atoms with Crippen LogP contribution >= 0.6 is 11.3 Å². The van der Waals surface area contributed by atoms with Gasteiger partial charge in [0.2, 0.25) is 5.13 Å². The van der Waals surface area contributed by atoms with Crippen LogP contribution in [-0.2, 0) is 0 Å². The van der Waals surface area contributed by atoms with E-state index in [1.165, 1.54) is 11.3 Å². The number of aromatic nitrogens is 3. The lowest BCUT2D eigenvalue weighted by Crippen LogP contribution is -2.13. The maximum Gasteiger partial charge on any atom is 0.276 e. The highest BCUT2D eigenvalue weighted by Gasteiger charge is 2.27. The molecule has 0 saturated heterocycles. The number of carbonyl (C=O) groups is 1. The fraction of sp³-hybridized carbons (Fsp3) is 0.222. The topological polar surface area (TPSA) is 77.0 Å². The van der Waals surface area contributed by atoms with Gasteiger partial charge in [0.15, 0.2) is 0 Å². The molecule has 126 valence electrons. The summed E-state index contributed by atoms with van der Waals surface area (Å²) in [5, 5.41) is 12.5. The van der Waals surface area contributed by atoms with Crippen LogP contribution in [0.15, 0.2) is 42.6 Å². The first-order valence-electron chi connectivity index (χ1n) is 7.99. The normalized spacial score (nSPS) is 13.5. The molecule has 1 aromatic carbocycles. The number of rotatable bonds is 5. The van der Waals surface area contributed by atoms with Crippen molar-refractivity contribution in [3.63, 3.8) is 0 Å². The quantitative estimate of drug-likeness (QED) is 0.757. The molecule has 25 heavy (non-hydrogen) atoms. The SMILES string of the molecule is COc1ccccc1-c1ccnc(C(=O)Nc2nnc(C3CC3)s2)c1. The Labute approximate surface area is 148 Å². The van der Waals surface area contributed by atoms with E-state index in [1.54, 1.807) is 19.4 Å². The van der Waals surface area contributed by atoms with Gasteiger partial charge in [0, 0.05) is 17.7 Å². The molecule has 0 radical (unpaired) electrons. The van der Waals surface area contributed by atoms with Crippen LogP contribution in [0.1, 0.15) is 34.3 Å². The van der Waals surface area contributed by atoms with Crippen LogP contribution in [0.3, 0.4) is 0 Å². The van der Waals surface area contributed by atoms with E-state index in [0.29, 0.717) is 16.7 Å². The molecule has 1 aliphatic rings. The van der Waals surface area contributed by atoms with E-state index >= 15 is 0 Å². The Bertz CT molecular complexity index is 921. The van der Waals surface area contributed by atoms with Gasteiger partial charge in [-0.2, -0.15) is 0 Å². The van der Waals surface area contributed by atoms with Crippen molar-refractivity contribution < 1.29 is 9.53 Å². The summed E-state index contributed by atoms with van der Waals surface area (Å²) in [4.78, 5) is 16.7. The number of para-hydroxylation sites is 1. The molecule has 0 spiro atoms. The Hall–Kier alpha value is -2.80. The number of ether oxygens (including phenoxy) is 1. The molecule has 1 amide bonds. The largest absolute Gasteiger partial charge is 0.496 e. The second kappa shape index (κ2) is 6.60. The van der Waals surface area contributed by atoms with E-state index in [0.717, 1.165) is 34.7 Å². The van der Waals surface area contributed by atoms with Crippen LogP contribution in [0, 0.1) is 0 Å². The molecule has 3 aromatic rings. The van der Waals surface area contributed by atoms with Crippen LogP contribution in [0.4, 0.5) is 5.13 Å².